The molecule has 10 heteroatoms. The van der Waals surface area contributed by atoms with Gasteiger partial charge in [0.15, 0.2) is 4.34 Å². The number of aromatic nitrogens is 1. The SMILES string of the molecule is Cc1nc(Sc2cc(F)c(I)cc2[N+](=O)[O-])sc1C(=O)O. The largest absolute Gasteiger partial charge is 0.477 e. The van der Waals surface area contributed by atoms with E-state index < -0.39 is 16.7 Å². The van der Waals surface area contributed by atoms with E-state index in [4.69, 9.17) is 5.11 Å². The zero-order valence-electron chi connectivity index (χ0n) is 10.3. The van der Waals surface area contributed by atoms with E-state index in [-0.39, 0.29) is 19.0 Å². The average Bonchev–Trinajstić information content (AvgIpc) is 2.74. The van der Waals surface area contributed by atoms with E-state index >= 15 is 0 Å². The van der Waals surface area contributed by atoms with E-state index in [0.29, 0.717) is 10.0 Å². The number of thiazole rings is 1. The van der Waals surface area contributed by atoms with Gasteiger partial charge >= 0.3 is 5.97 Å². The molecule has 0 saturated carbocycles. The molecule has 0 aliphatic rings. The van der Waals surface area contributed by atoms with Crippen molar-refractivity contribution in [1.82, 2.24) is 4.98 Å². The van der Waals surface area contributed by atoms with Gasteiger partial charge in [-0.05, 0) is 35.6 Å². The molecule has 6 nitrogen and oxygen atoms in total. The van der Waals surface area contributed by atoms with Crippen molar-refractivity contribution >= 4 is 57.3 Å². The highest BCUT2D eigenvalue weighted by atomic mass is 127. The van der Waals surface area contributed by atoms with Gasteiger partial charge in [-0.25, -0.2) is 14.2 Å². The second-order valence-electron chi connectivity index (χ2n) is 3.79. The number of hydrogen-bond acceptors (Lipinski definition) is 6. The Bertz CT molecular complexity index is 750. The molecule has 0 amide bonds. The summed E-state index contributed by atoms with van der Waals surface area (Å²) in [5.41, 5.74) is 0.0826. The number of carboxylic acid groups (broad SMARTS) is 1. The maximum Gasteiger partial charge on any atom is 0.347 e. The van der Waals surface area contributed by atoms with Crippen LogP contribution in [0.3, 0.4) is 0 Å². The number of carbonyl (C=O) groups is 1. The van der Waals surface area contributed by atoms with Gasteiger partial charge in [0, 0.05) is 6.07 Å². The maximum absolute atomic E-state index is 13.6. The van der Waals surface area contributed by atoms with Crippen molar-refractivity contribution < 1.29 is 19.2 Å². The lowest BCUT2D eigenvalue weighted by molar-refractivity contribution is -0.387. The molecule has 1 aromatic carbocycles. The minimum absolute atomic E-state index is 0.0612. The topological polar surface area (TPSA) is 93.3 Å². The summed E-state index contributed by atoms with van der Waals surface area (Å²) in [5, 5.41) is 20.0. The first-order valence-corrected chi connectivity index (χ1v) is 8.02. The number of rotatable bonds is 4. The van der Waals surface area contributed by atoms with Crippen LogP contribution in [0.1, 0.15) is 15.4 Å². The van der Waals surface area contributed by atoms with Gasteiger partial charge in [-0.1, -0.05) is 11.8 Å². The first kappa shape index (κ1) is 16.1. The fourth-order valence-corrected chi connectivity index (χ4v) is 4.00. The summed E-state index contributed by atoms with van der Waals surface area (Å²) in [5.74, 6) is -1.68. The van der Waals surface area contributed by atoms with Crippen molar-refractivity contribution in [3.63, 3.8) is 0 Å². The lowest BCUT2D eigenvalue weighted by atomic mass is 10.3. The summed E-state index contributed by atoms with van der Waals surface area (Å²) in [6.07, 6.45) is 0. The van der Waals surface area contributed by atoms with Crippen LogP contribution in [-0.2, 0) is 0 Å². The maximum atomic E-state index is 13.6. The zero-order chi connectivity index (χ0) is 15.7. The molecule has 1 heterocycles. The number of halogens is 2. The summed E-state index contributed by atoms with van der Waals surface area (Å²) >= 11 is 3.44. The Kier molecular flexibility index (Phi) is 4.78. The monoisotopic (exact) mass is 440 g/mol. The summed E-state index contributed by atoms with van der Waals surface area (Å²) in [4.78, 5) is 25.5. The van der Waals surface area contributed by atoms with Crippen molar-refractivity contribution in [3.8, 4) is 0 Å². The van der Waals surface area contributed by atoms with Crippen molar-refractivity contribution in [1.29, 1.82) is 0 Å². The summed E-state index contributed by atoms with van der Waals surface area (Å²) in [6, 6.07) is 2.19. The van der Waals surface area contributed by atoms with Crippen LogP contribution >= 0.6 is 45.7 Å². The van der Waals surface area contributed by atoms with Crippen LogP contribution in [0, 0.1) is 26.4 Å². The number of nitro benzene ring substituents is 1. The number of aromatic carboxylic acids is 1. The molecule has 0 aliphatic heterocycles. The van der Waals surface area contributed by atoms with Gasteiger partial charge in [0.05, 0.1) is 19.1 Å². The number of carboxylic acids is 1. The quantitative estimate of drug-likeness (QED) is 0.440. The molecule has 110 valence electrons. The predicted octanol–water partition coefficient (Wildman–Crippen LogP) is 3.95. The Hall–Kier alpha value is -1.27. The second kappa shape index (κ2) is 6.23. The molecule has 0 spiro atoms. The van der Waals surface area contributed by atoms with Gasteiger partial charge in [-0.15, -0.1) is 11.3 Å². The van der Waals surface area contributed by atoms with Gasteiger partial charge in [0.25, 0.3) is 5.69 Å². The van der Waals surface area contributed by atoms with Crippen molar-refractivity contribution in [3.05, 3.63) is 42.2 Å². The lowest BCUT2D eigenvalue weighted by Gasteiger charge is -2.02. The van der Waals surface area contributed by atoms with E-state index in [9.17, 15) is 19.3 Å². The molecular weight excluding hydrogens is 434 g/mol. The van der Waals surface area contributed by atoms with Crippen LogP contribution in [0.25, 0.3) is 0 Å². The minimum Gasteiger partial charge on any atom is -0.477 e. The number of nitro groups is 1. The first-order valence-electron chi connectivity index (χ1n) is 5.31. The number of benzene rings is 1. The fraction of sp³-hybridized carbons (Fsp3) is 0.0909. The van der Waals surface area contributed by atoms with Crippen LogP contribution < -0.4 is 0 Å². The Balaban J connectivity index is 2.44. The van der Waals surface area contributed by atoms with Crippen LogP contribution in [0.5, 0.6) is 0 Å². The molecular formula is C11H6FIN2O4S2. The summed E-state index contributed by atoms with van der Waals surface area (Å²) in [7, 11) is 0. The molecule has 2 aromatic rings. The van der Waals surface area contributed by atoms with E-state index in [1.807, 2.05) is 0 Å². The molecule has 1 N–H and O–H groups in total. The second-order valence-corrected chi connectivity index (χ2v) is 7.24. The smallest absolute Gasteiger partial charge is 0.347 e. The van der Waals surface area contributed by atoms with Gasteiger partial charge in [0.1, 0.15) is 10.7 Å². The molecule has 0 unspecified atom stereocenters. The van der Waals surface area contributed by atoms with Gasteiger partial charge in [0.2, 0.25) is 0 Å². The third-order valence-electron chi connectivity index (χ3n) is 2.37. The Morgan fingerprint density at radius 2 is 2.24 bits per heavy atom. The highest BCUT2D eigenvalue weighted by Crippen LogP contribution is 2.39. The Labute approximate surface area is 139 Å². The zero-order valence-corrected chi connectivity index (χ0v) is 14.1. The predicted molar refractivity (Wildman–Crippen MR) is 83.7 cm³/mol. The summed E-state index contributed by atoms with van der Waals surface area (Å²) < 4.78 is 14.0. The highest BCUT2D eigenvalue weighted by Gasteiger charge is 2.21. The number of hydrogen-bond donors (Lipinski definition) is 1. The molecule has 0 fully saturated rings. The van der Waals surface area contributed by atoms with Crippen LogP contribution in [-0.4, -0.2) is 21.0 Å². The van der Waals surface area contributed by atoms with E-state index in [2.05, 4.69) is 4.98 Å². The van der Waals surface area contributed by atoms with E-state index in [1.165, 1.54) is 6.92 Å². The van der Waals surface area contributed by atoms with Crippen molar-refractivity contribution in [2.45, 2.75) is 16.2 Å². The molecule has 2 rings (SSSR count). The Morgan fingerprint density at radius 1 is 1.57 bits per heavy atom. The molecule has 0 radical (unpaired) electrons. The third kappa shape index (κ3) is 3.49. The molecule has 0 atom stereocenters. The third-order valence-corrected chi connectivity index (χ3v) is 5.45. The summed E-state index contributed by atoms with van der Waals surface area (Å²) in [6.45, 7) is 1.53. The highest BCUT2D eigenvalue weighted by molar-refractivity contribution is 14.1. The van der Waals surface area contributed by atoms with Gasteiger partial charge < -0.3 is 5.11 Å². The normalized spacial score (nSPS) is 10.6. The van der Waals surface area contributed by atoms with Gasteiger partial charge in [-0.3, -0.25) is 10.1 Å². The van der Waals surface area contributed by atoms with E-state index in [0.717, 1.165) is 35.2 Å². The van der Waals surface area contributed by atoms with Gasteiger partial charge in [-0.2, -0.15) is 0 Å². The number of nitrogens with zero attached hydrogens (tertiary/aromatic N) is 2. The average molecular weight is 440 g/mol. The standard InChI is InChI=1S/C11H6FIN2O4S2/c1-4-9(10(16)17)21-11(14-4)20-8-2-5(12)6(13)3-7(8)15(18)19/h2-3H,1H3,(H,16,17). The Morgan fingerprint density at radius 3 is 2.76 bits per heavy atom. The first-order chi connectivity index (χ1) is 9.79. The van der Waals surface area contributed by atoms with Crippen molar-refractivity contribution in [2.75, 3.05) is 0 Å². The van der Waals surface area contributed by atoms with Crippen LogP contribution in [0.2, 0.25) is 0 Å². The van der Waals surface area contributed by atoms with Crippen LogP contribution in [0.4, 0.5) is 10.1 Å². The minimum atomic E-state index is -1.11. The molecule has 0 bridgehead atoms. The van der Waals surface area contributed by atoms with Crippen LogP contribution in [0.15, 0.2) is 21.4 Å². The lowest BCUT2D eigenvalue weighted by Crippen LogP contribution is -1.94. The molecule has 21 heavy (non-hydrogen) atoms. The molecule has 0 aliphatic carbocycles. The molecule has 0 saturated heterocycles. The molecule has 1 aromatic heterocycles. The fourth-order valence-electron chi connectivity index (χ4n) is 1.45. The number of aryl methyl sites for hydroxylation is 1. The van der Waals surface area contributed by atoms with E-state index in [1.54, 1.807) is 22.6 Å². The van der Waals surface area contributed by atoms with Crippen molar-refractivity contribution in [2.24, 2.45) is 0 Å².